The number of nitrogens with zero attached hydrogens (tertiary/aromatic N) is 2. The summed E-state index contributed by atoms with van der Waals surface area (Å²) in [6.07, 6.45) is 1.58. The molecule has 0 atom stereocenters. The van der Waals surface area contributed by atoms with Crippen LogP contribution in [-0.2, 0) is 16.6 Å². The van der Waals surface area contributed by atoms with Crippen LogP contribution in [0.3, 0.4) is 0 Å². The van der Waals surface area contributed by atoms with E-state index in [2.05, 4.69) is 14.7 Å². The predicted octanol–water partition coefficient (Wildman–Crippen LogP) is 0.854. The fraction of sp³-hybridized carbons (Fsp3) is 0.231. The maximum atomic E-state index is 12.3. The Balaban J connectivity index is 2.23. The quantitative estimate of drug-likeness (QED) is 0.793. The van der Waals surface area contributed by atoms with Gasteiger partial charge in [0.05, 0.1) is 19.3 Å². The molecule has 0 spiro atoms. The average molecular weight is 308 g/mol. The zero-order valence-corrected chi connectivity index (χ0v) is 12.5. The summed E-state index contributed by atoms with van der Waals surface area (Å²) in [4.78, 5) is 8.13. The summed E-state index contributed by atoms with van der Waals surface area (Å²) in [5, 5.41) is 0. The summed E-state index contributed by atoms with van der Waals surface area (Å²) in [6.45, 7) is 1.81. The van der Waals surface area contributed by atoms with Crippen LogP contribution in [0.5, 0.6) is 5.75 Å². The highest BCUT2D eigenvalue weighted by atomic mass is 32.2. The molecular weight excluding hydrogens is 292 g/mol. The van der Waals surface area contributed by atoms with E-state index < -0.39 is 10.0 Å². The van der Waals surface area contributed by atoms with Crippen LogP contribution in [0, 0.1) is 6.92 Å². The molecule has 0 unspecified atom stereocenters. The molecule has 1 heterocycles. The van der Waals surface area contributed by atoms with E-state index in [1.165, 1.54) is 25.3 Å². The summed E-state index contributed by atoms with van der Waals surface area (Å²) in [6, 6.07) is 6.02. The standard InChI is InChI=1S/C13H16N4O3S/c1-9-15-6-5-11(17-9)8-16-21(18,19)13-4-3-10(14)7-12(13)20-2/h3-7,16H,8,14H2,1-2H3. The zero-order chi connectivity index (χ0) is 15.5. The number of aromatic nitrogens is 2. The van der Waals surface area contributed by atoms with Gasteiger partial charge in [0.2, 0.25) is 10.0 Å². The van der Waals surface area contributed by atoms with E-state index in [1.807, 2.05) is 0 Å². The van der Waals surface area contributed by atoms with Gasteiger partial charge in [-0.1, -0.05) is 0 Å². The number of aryl methyl sites for hydroxylation is 1. The van der Waals surface area contributed by atoms with Crippen molar-refractivity contribution in [3.05, 3.63) is 42.0 Å². The Hall–Kier alpha value is -2.19. The van der Waals surface area contributed by atoms with Crippen molar-refractivity contribution >= 4 is 15.7 Å². The van der Waals surface area contributed by atoms with Gasteiger partial charge in [-0.05, 0) is 25.1 Å². The number of nitrogen functional groups attached to an aromatic ring is 1. The lowest BCUT2D eigenvalue weighted by Crippen LogP contribution is -2.24. The molecule has 0 amide bonds. The van der Waals surface area contributed by atoms with Gasteiger partial charge in [-0.25, -0.2) is 23.1 Å². The van der Waals surface area contributed by atoms with Crippen LogP contribution in [0.4, 0.5) is 5.69 Å². The molecule has 0 aliphatic heterocycles. The highest BCUT2D eigenvalue weighted by molar-refractivity contribution is 7.89. The van der Waals surface area contributed by atoms with Crippen LogP contribution in [-0.4, -0.2) is 25.5 Å². The second-order valence-corrected chi connectivity index (χ2v) is 6.07. The van der Waals surface area contributed by atoms with Crippen LogP contribution < -0.4 is 15.2 Å². The Labute approximate surface area is 123 Å². The number of methoxy groups -OCH3 is 1. The van der Waals surface area contributed by atoms with Crippen LogP contribution in [0.2, 0.25) is 0 Å². The molecule has 0 bridgehead atoms. The molecule has 0 saturated heterocycles. The molecule has 7 nitrogen and oxygen atoms in total. The van der Waals surface area contributed by atoms with Gasteiger partial charge >= 0.3 is 0 Å². The fourth-order valence-corrected chi connectivity index (χ4v) is 2.90. The van der Waals surface area contributed by atoms with Crippen molar-refractivity contribution in [2.45, 2.75) is 18.4 Å². The lowest BCUT2D eigenvalue weighted by atomic mass is 10.3. The van der Waals surface area contributed by atoms with Gasteiger partial charge < -0.3 is 10.5 Å². The molecule has 2 aromatic rings. The molecule has 112 valence electrons. The lowest BCUT2D eigenvalue weighted by molar-refractivity contribution is 0.402. The largest absolute Gasteiger partial charge is 0.495 e. The second kappa shape index (κ2) is 6.06. The van der Waals surface area contributed by atoms with E-state index in [4.69, 9.17) is 10.5 Å². The third kappa shape index (κ3) is 3.67. The van der Waals surface area contributed by atoms with Crippen LogP contribution in [0.1, 0.15) is 11.5 Å². The van der Waals surface area contributed by atoms with Crippen molar-refractivity contribution in [2.24, 2.45) is 0 Å². The van der Waals surface area contributed by atoms with Gasteiger partial charge in [-0.15, -0.1) is 0 Å². The molecular formula is C13H16N4O3S. The lowest BCUT2D eigenvalue weighted by Gasteiger charge is -2.11. The van der Waals surface area contributed by atoms with E-state index >= 15 is 0 Å². The molecule has 2 rings (SSSR count). The third-order valence-corrected chi connectivity index (χ3v) is 4.19. The minimum Gasteiger partial charge on any atom is -0.495 e. The van der Waals surface area contributed by atoms with Gasteiger partial charge in [-0.2, -0.15) is 0 Å². The first-order valence-corrected chi connectivity index (χ1v) is 7.62. The number of hydrogen-bond donors (Lipinski definition) is 2. The number of rotatable bonds is 5. The van der Waals surface area contributed by atoms with E-state index in [0.717, 1.165) is 0 Å². The Kier molecular flexibility index (Phi) is 4.39. The topological polar surface area (TPSA) is 107 Å². The SMILES string of the molecule is COc1cc(N)ccc1S(=O)(=O)NCc1ccnc(C)n1. The normalized spacial score (nSPS) is 11.3. The van der Waals surface area contributed by atoms with E-state index in [9.17, 15) is 8.42 Å². The van der Waals surface area contributed by atoms with Crippen molar-refractivity contribution in [1.82, 2.24) is 14.7 Å². The summed E-state index contributed by atoms with van der Waals surface area (Å²) in [5.74, 6) is 0.776. The molecule has 0 fully saturated rings. The first kappa shape index (κ1) is 15.2. The second-order valence-electron chi connectivity index (χ2n) is 4.33. The molecule has 0 saturated carbocycles. The highest BCUT2D eigenvalue weighted by Crippen LogP contribution is 2.25. The summed E-state index contributed by atoms with van der Waals surface area (Å²) >= 11 is 0. The Morgan fingerprint density at radius 2 is 2.10 bits per heavy atom. The maximum absolute atomic E-state index is 12.3. The molecule has 0 aliphatic rings. The van der Waals surface area contributed by atoms with Crippen LogP contribution >= 0.6 is 0 Å². The minimum atomic E-state index is -3.72. The number of ether oxygens (including phenoxy) is 1. The first-order valence-electron chi connectivity index (χ1n) is 6.14. The van der Waals surface area contributed by atoms with Gasteiger partial charge in [-0.3, -0.25) is 0 Å². The summed E-state index contributed by atoms with van der Waals surface area (Å²) in [5.41, 5.74) is 6.63. The number of anilines is 1. The number of sulfonamides is 1. The zero-order valence-electron chi connectivity index (χ0n) is 11.7. The summed E-state index contributed by atoms with van der Waals surface area (Å²) < 4.78 is 32.1. The van der Waals surface area contributed by atoms with Crippen molar-refractivity contribution in [1.29, 1.82) is 0 Å². The maximum Gasteiger partial charge on any atom is 0.244 e. The first-order chi connectivity index (χ1) is 9.92. The van der Waals surface area contributed by atoms with Crippen molar-refractivity contribution in [3.8, 4) is 5.75 Å². The van der Waals surface area contributed by atoms with Crippen LogP contribution in [0.15, 0.2) is 35.4 Å². The Morgan fingerprint density at radius 3 is 2.76 bits per heavy atom. The molecule has 0 aliphatic carbocycles. The van der Waals surface area contributed by atoms with Crippen LogP contribution in [0.25, 0.3) is 0 Å². The summed E-state index contributed by atoms with van der Waals surface area (Å²) in [7, 11) is -2.33. The van der Waals surface area contributed by atoms with Gasteiger partial charge in [0.25, 0.3) is 0 Å². The smallest absolute Gasteiger partial charge is 0.244 e. The van der Waals surface area contributed by atoms with Gasteiger partial charge in [0, 0.05) is 18.0 Å². The number of nitrogens with two attached hydrogens (primary N) is 1. The van der Waals surface area contributed by atoms with Gasteiger partial charge in [0.1, 0.15) is 16.5 Å². The van der Waals surface area contributed by atoms with Gasteiger partial charge in [0.15, 0.2) is 0 Å². The Morgan fingerprint density at radius 1 is 1.33 bits per heavy atom. The molecule has 1 aromatic carbocycles. The molecule has 21 heavy (non-hydrogen) atoms. The monoisotopic (exact) mass is 308 g/mol. The predicted molar refractivity (Wildman–Crippen MR) is 78.2 cm³/mol. The van der Waals surface area contributed by atoms with Crippen molar-refractivity contribution in [2.75, 3.05) is 12.8 Å². The molecule has 3 N–H and O–H groups in total. The van der Waals surface area contributed by atoms with Crippen molar-refractivity contribution in [3.63, 3.8) is 0 Å². The Bertz CT molecular complexity index is 747. The average Bonchev–Trinajstić information content (AvgIpc) is 2.45. The highest BCUT2D eigenvalue weighted by Gasteiger charge is 2.19. The number of hydrogen-bond acceptors (Lipinski definition) is 6. The molecule has 1 aromatic heterocycles. The number of benzene rings is 1. The van der Waals surface area contributed by atoms with E-state index in [1.54, 1.807) is 19.2 Å². The fourth-order valence-electron chi connectivity index (χ4n) is 1.76. The molecule has 8 heteroatoms. The third-order valence-electron chi connectivity index (χ3n) is 2.75. The van der Waals surface area contributed by atoms with E-state index in [0.29, 0.717) is 17.2 Å². The minimum absolute atomic E-state index is 0.0324. The molecule has 0 radical (unpaired) electrons. The van der Waals surface area contributed by atoms with E-state index in [-0.39, 0.29) is 17.2 Å². The van der Waals surface area contributed by atoms with Crippen molar-refractivity contribution < 1.29 is 13.2 Å². The number of nitrogens with one attached hydrogen (secondary N) is 1.